The van der Waals surface area contributed by atoms with Crippen molar-refractivity contribution in [2.24, 2.45) is 0 Å². The molecule has 0 spiro atoms. The van der Waals surface area contributed by atoms with E-state index in [9.17, 15) is 4.79 Å². The van der Waals surface area contributed by atoms with Crippen LogP contribution in [-0.4, -0.2) is 24.0 Å². The third kappa shape index (κ3) is 4.23. The molecule has 21 heavy (non-hydrogen) atoms. The van der Waals surface area contributed by atoms with Gasteiger partial charge in [0, 0.05) is 19.5 Å². The van der Waals surface area contributed by atoms with Crippen molar-refractivity contribution in [3.63, 3.8) is 0 Å². The molecular weight excluding hydrogens is 290 g/mol. The third-order valence-corrected chi connectivity index (χ3v) is 3.40. The molecule has 2 aromatic heterocycles. The largest absolute Gasteiger partial charge is 0.469 e. The molecule has 2 heterocycles. The number of furan rings is 1. The number of carbonyl (C=O) groups excluding carboxylic acids is 1. The summed E-state index contributed by atoms with van der Waals surface area (Å²) >= 11 is 6.02. The number of carbonyl (C=O) groups is 1. The summed E-state index contributed by atoms with van der Waals surface area (Å²) in [6.07, 6.45) is 3.19. The first kappa shape index (κ1) is 15.4. The molecule has 0 aromatic carbocycles. The molecule has 0 aliphatic rings. The highest BCUT2D eigenvalue weighted by atomic mass is 35.5. The molecule has 2 N–H and O–H groups in total. The number of pyridine rings is 1. The molecule has 0 radical (unpaired) electrons. The van der Waals surface area contributed by atoms with Gasteiger partial charge in [-0.15, -0.1) is 0 Å². The zero-order valence-electron chi connectivity index (χ0n) is 12.0. The summed E-state index contributed by atoms with van der Waals surface area (Å²) in [6.45, 7) is 1.94. The maximum absolute atomic E-state index is 12.2. The van der Waals surface area contributed by atoms with Crippen LogP contribution in [0.3, 0.4) is 0 Å². The van der Waals surface area contributed by atoms with E-state index in [4.69, 9.17) is 16.0 Å². The highest BCUT2D eigenvalue weighted by Crippen LogP contribution is 2.16. The van der Waals surface area contributed by atoms with Crippen molar-refractivity contribution in [3.05, 3.63) is 47.0 Å². The lowest BCUT2D eigenvalue weighted by molar-refractivity contribution is 0.0933. The van der Waals surface area contributed by atoms with Gasteiger partial charge < -0.3 is 15.1 Å². The summed E-state index contributed by atoms with van der Waals surface area (Å²) in [5, 5.41) is 6.12. The highest BCUT2D eigenvalue weighted by molar-refractivity contribution is 6.33. The number of rotatable bonds is 6. The Labute approximate surface area is 128 Å². The summed E-state index contributed by atoms with van der Waals surface area (Å²) < 4.78 is 5.27. The van der Waals surface area contributed by atoms with E-state index in [0.29, 0.717) is 10.8 Å². The number of aromatic nitrogens is 1. The minimum atomic E-state index is -0.274. The van der Waals surface area contributed by atoms with E-state index in [1.54, 1.807) is 25.4 Å². The average Bonchev–Trinajstić information content (AvgIpc) is 2.99. The van der Waals surface area contributed by atoms with Crippen molar-refractivity contribution in [1.29, 1.82) is 0 Å². The van der Waals surface area contributed by atoms with Gasteiger partial charge in [-0.1, -0.05) is 11.6 Å². The standard InChI is InChI=1S/C15H18ClN3O2/c1-10(5-6-11-4-3-9-21-11)18-15(20)14-12(16)7-8-13(17-2)19-14/h3-4,7-10H,5-6H2,1-2H3,(H,17,19)(H,18,20). The fourth-order valence-corrected chi connectivity index (χ4v) is 2.11. The first-order chi connectivity index (χ1) is 10.1. The number of anilines is 1. The van der Waals surface area contributed by atoms with Crippen molar-refractivity contribution < 1.29 is 9.21 Å². The van der Waals surface area contributed by atoms with E-state index < -0.39 is 0 Å². The molecule has 112 valence electrons. The molecule has 6 heteroatoms. The van der Waals surface area contributed by atoms with E-state index in [0.717, 1.165) is 18.6 Å². The number of hydrogen-bond acceptors (Lipinski definition) is 4. The van der Waals surface area contributed by atoms with Gasteiger partial charge in [-0.25, -0.2) is 4.98 Å². The van der Waals surface area contributed by atoms with E-state index in [1.807, 2.05) is 19.1 Å². The van der Waals surface area contributed by atoms with Gasteiger partial charge in [-0.3, -0.25) is 4.79 Å². The van der Waals surface area contributed by atoms with Crippen LogP contribution >= 0.6 is 11.6 Å². The minimum Gasteiger partial charge on any atom is -0.469 e. The molecule has 0 bridgehead atoms. The van der Waals surface area contributed by atoms with E-state index in [2.05, 4.69) is 15.6 Å². The second-order valence-corrected chi connectivity index (χ2v) is 5.18. The number of amides is 1. The van der Waals surface area contributed by atoms with Crippen molar-refractivity contribution in [3.8, 4) is 0 Å². The fraction of sp³-hybridized carbons (Fsp3) is 0.333. The Morgan fingerprint density at radius 2 is 2.24 bits per heavy atom. The molecule has 2 aromatic rings. The van der Waals surface area contributed by atoms with Crippen LogP contribution in [0.4, 0.5) is 5.82 Å². The molecule has 1 atom stereocenters. The quantitative estimate of drug-likeness (QED) is 0.860. The van der Waals surface area contributed by atoms with Gasteiger partial charge in [-0.2, -0.15) is 0 Å². The summed E-state index contributed by atoms with van der Waals surface area (Å²) in [4.78, 5) is 16.4. The number of halogens is 1. The van der Waals surface area contributed by atoms with Crippen LogP contribution in [0.25, 0.3) is 0 Å². The summed E-state index contributed by atoms with van der Waals surface area (Å²) in [7, 11) is 1.74. The maximum Gasteiger partial charge on any atom is 0.271 e. The second-order valence-electron chi connectivity index (χ2n) is 4.77. The van der Waals surface area contributed by atoms with Gasteiger partial charge in [0.1, 0.15) is 17.3 Å². The number of nitrogens with one attached hydrogen (secondary N) is 2. The van der Waals surface area contributed by atoms with E-state index in [1.165, 1.54) is 0 Å². The Balaban J connectivity index is 1.94. The smallest absolute Gasteiger partial charge is 0.271 e. The maximum atomic E-state index is 12.2. The SMILES string of the molecule is CNc1ccc(Cl)c(C(=O)NC(C)CCc2ccco2)n1. The fourth-order valence-electron chi connectivity index (χ4n) is 1.92. The van der Waals surface area contributed by atoms with Crippen LogP contribution in [0.1, 0.15) is 29.6 Å². The van der Waals surface area contributed by atoms with Gasteiger partial charge in [-0.05, 0) is 37.6 Å². The first-order valence-electron chi connectivity index (χ1n) is 6.77. The molecular formula is C15H18ClN3O2. The lowest BCUT2D eigenvalue weighted by Gasteiger charge is -2.14. The zero-order chi connectivity index (χ0) is 15.2. The lowest BCUT2D eigenvalue weighted by Crippen LogP contribution is -2.33. The molecule has 0 saturated heterocycles. The lowest BCUT2D eigenvalue weighted by atomic mass is 10.1. The Bertz CT molecular complexity index is 599. The molecule has 1 amide bonds. The summed E-state index contributed by atoms with van der Waals surface area (Å²) in [5.41, 5.74) is 0.230. The predicted octanol–water partition coefficient (Wildman–Crippen LogP) is 3.12. The number of nitrogens with zero attached hydrogens (tertiary/aromatic N) is 1. The molecule has 0 aliphatic heterocycles. The summed E-state index contributed by atoms with van der Waals surface area (Å²) in [5.74, 6) is 1.24. The average molecular weight is 308 g/mol. The predicted molar refractivity (Wildman–Crippen MR) is 82.8 cm³/mol. The molecule has 0 saturated carbocycles. The third-order valence-electron chi connectivity index (χ3n) is 3.10. The number of aryl methyl sites for hydroxylation is 1. The van der Waals surface area contributed by atoms with Crippen molar-refractivity contribution in [2.75, 3.05) is 12.4 Å². The van der Waals surface area contributed by atoms with Gasteiger partial charge in [0.05, 0.1) is 11.3 Å². The Kier molecular flexibility index (Phi) is 5.22. The van der Waals surface area contributed by atoms with E-state index >= 15 is 0 Å². The molecule has 0 aliphatic carbocycles. The van der Waals surface area contributed by atoms with Crippen LogP contribution in [-0.2, 0) is 6.42 Å². The molecule has 0 fully saturated rings. The van der Waals surface area contributed by atoms with Gasteiger partial charge >= 0.3 is 0 Å². The second kappa shape index (κ2) is 7.13. The van der Waals surface area contributed by atoms with Gasteiger partial charge in [0.15, 0.2) is 0 Å². The highest BCUT2D eigenvalue weighted by Gasteiger charge is 2.15. The van der Waals surface area contributed by atoms with Gasteiger partial charge in [0.2, 0.25) is 0 Å². The topological polar surface area (TPSA) is 67.2 Å². The summed E-state index contributed by atoms with van der Waals surface area (Å²) in [6, 6.07) is 7.15. The van der Waals surface area contributed by atoms with Crippen LogP contribution in [0.2, 0.25) is 5.02 Å². The molecule has 1 unspecified atom stereocenters. The van der Waals surface area contributed by atoms with Crippen molar-refractivity contribution >= 4 is 23.3 Å². The van der Waals surface area contributed by atoms with E-state index in [-0.39, 0.29) is 17.6 Å². The Morgan fingerprint density at radius 3 is 2.90 bits per heavy atom. The molecule has 2 rings (SSSR count). The van der Waals surface area contributed by atoms with Crippen LogP contribution in [0, 0.1) is 0 Å². The van der Waals surface area contributed by atoms with Crippen LogP contribution in [0.5, 0.6) is 0 Å². The monoisotopic (exact) mass is 307 g/mol. The molecule has 5 nitrogen and oxygen atoms in total. The minimum absolute atomic E-state index is 0.00120. The van der Waals surface area contributed by atoms with Crippen molar-refractivity contribution in [1.82, 2.24) is 10.3 Å². The van der Waals surface area contributed by atoms with Crippen LogP contribution in [0.15, 0.2) is 34.9 Å². The zero-order valence-corrected chi connectivity index (χ0v) is 12.8. The normalized spacial score (nSPS) is 12.0. The van der Waals surface area contributed by atoms with Crippen LogP contribution < -0.4 is 10.6 Å². The van der Waals surface area contributed by atoms with Gasteiger partial charge in [0.25, 0.3) is 5.91 Å². The number of hydrogen-bond donors (Lipinski definition) is 2. The first-order valence-corrected chi connectivity index (χ1v) is 7.15. The van der Waals surface area contributed by atoms with Crippen molar-refractivity contribution in [2.45, 2.75) is 25.8 Å². The Hall–Kier alpha value is -2.01. The Morgan fingerprint density at radius 1 is 1.43 bits per heavy atom.